The molecule has 0 saturated carbocycles. The van der Waals surface area contributed by atoms with Crippen LogP contribution >= 0.6 is 0 Å². The van der Waals surface area contributed by atoms with Crippen LogP contribution in [0, 0.1) is 34.0 Å². The maximum absolute atomic E-state index is 2.66. The number of nitrogens with zero attached hydrogens (tertiary/aromatic N) is 5. The average Bonchev–Trinajstić information content (AvgIpc) is 3.02. The maximum Gasteiger partial charge on any atom is 0.0127 e. The first-order valence-electron chi connectivity index (χ1n) is 24.5. The summed E-state index contributed by atoms with van der Waals surface area (Å²) in [5.41, 5.74) is 3.18. The molecule has 0 N–H and O–H groups in total. The van der Waals surface area contributed by atoms with E-state index in [-0.39, 0.29) is 0 Å². The van der Waals surface area contributed by atoms with Crippen molar-refractivity contribution in [2.24, 2.45) is 34.0 Å². The molecule has 4 aliphatic rings. The van der Waals surface area contributed by atoms with Crippen LogP contribution in [0.4, 0.5) is 0 Å². The van der Waals surface area contributed by atoms with E-state index in [1.54, 1.807) is 0 Å². The zero-order chi connectivity index (χ0) is 45.7. The largest absolute Gasteiger partial charge is 0.298 e. The van der Waals surface area contributed by atoms with E-state index >= 15 is 0 Å². The van der Waals surface area contributed by atoms with E-state index in [9.17, 15) is 0 Å². The average molecular weight is 819 g/mol. The standard InChI is InChI=1S/2C14H29N.C13H27N.C12H26N2/c2*1-11-10-12(13(2,3)4)8-9-15(11)14(5,6)7;1-12(2,3)11-7-9-14(10-8-11)13(4,5)6;1-11(2,3)13-7-9-14(10-8-13)12(4,5)6/h2*11-12H,8-10H2,1-7H3;11H,7-10H2,1-6H3;7-10H2,1-6H3. The summed E-state index contributed by atoms with van der Waals surface area (Å²) in [5.74, 6) is 2.71. The summed E-state index contributed by atoms with van der Waals surface area (Å²) in [5, 5.41) is 0. The monoisotopic (exact) mass is 818 g/mol. The van der Waals surface area contributed by atoms with Crippen LogP contribution < -0.4 is 0 Å². The molecule has 0 radical (unpaired) electrons. The zero-order valence-corrected chi connectivity index (χ0v) is 45.0. The quantitative estimate of drug-likeness (QED) is 0.241. The Labute approximate surface area is 368 Å². The molecule has 4 atom stereocenters. The molecule has 0 amide bonds. The van der Waals surface area contributed by atoms with E-state index in [2.05, 4.69) is 205 Å². The first-order chi connectivity index (χ1) is 25.7. The Morgan fingerprint density at radius 3 is 0.690 bits per heavy atom. The van der Waals surface area contributed by atoms with Crippen LogP contribution in [0.1, 0.15) is 219 Å². The summed E-state index contributed by atoms with van der Waals surface area (Å²) in [6, 6.07) is 1.48. The van der Waals surface area contributed by atoms with E-state index in [1.807, 2.05) is 0 Å². The Kier molecular flexibility index (Phi) is 20.2. The van der Waals surface area contributed by atoms with E-state index in [0.717, 1.165) is 29.8 Å². The van der Waals surface area contributed by atoms with Gasteiger partial charge in [-0.2, -0.15) is 0 Å². The Balaban J connectivity index is 0.000000387. The first kappa shape index (κ1) is 55.8. The van der Waals surface area contributed by atoms with Crippen LogP contribution in [0.2, 0.25) is 0 Å². The van der Waals surface area contributed by atoms with Gasteiger partial charge >= 0.3 is 0 Å². The molecule has 4 aliphatic heterocycles. The van der Waals surface area contributed by atoms with Crippen molar-refractivity contribution in [3.05, 3.63) is 0 Å². The fourth-order valence-electron chi connectivity index (χ4n) is 10.4. The molecule has 0 aromatic carbocycles. The van der Waals surface area contributed by atoms with Gasteiger partial charge in [0.2, 0.25) is 0 Å². The van der Waals surface area contributed by atoms with Gasteiger partial charge in [0.25, 0.3) is 0 Å². The molecule has 0 aromatic rings. The minimum Gasteiger partial charge on any atom is -0.298 e. The second-order valence-corrected chi connectivity index (χ2v) is 27.7. The third-order valence-electron chi connectivity index (χ3n) is 14.8. The van der Waals surface area contributed by atoms with E-state index in [4.69, 9.17) is 0 Å². The Morgan fingerprint density at radius 2 is 0.500 bits per heavy atom. The lowest BCUT2D eigenvalue weighted by molar-refractivity contribution is 0.0110. The summed E-state index contributed by atoms with van der Waals surface area (Å²) in [7, 11) is 0. The molecule has 58 heavy (non-hydrogen) atoms. The topological polar surface area (TPSA) is 16.2 Å². The predicted molar refractivity (Wildman–Crippen MR) is 262 cm³/mol. The highest BCUT2D eigenvalue weighted by Gasteiger charge is 2.38. The van der Waals surface area contributed by atoms with Gasteiger partial charge in [0.1, 0.15) is 0 Å². The van der Waals surface area contributed by atoms with Gasteiger partial charge < -0.3 is 0 Å². The van der Waals surface area contributed by atoms with Crippen LogP contribution in [0.3, 0.4) is 0 Å². The lowest BCUT2D eigenvalue weighted by atomic mass is 9.73. The van der Waals surface area contributed by atoms with E-state index in [1.165, 1.54) is 90.9 Å². The van der Waals surface area contributed by atoms with Crippen molar-refractivity contribution in [2.75, 3.05) is 52.4 Å². The molecule has 5 heteroatoms. The molecule has 5 nitrogen and oxygen atoms in total. The number of likely N-dealkylation sites (tertiary alicyclic amines) is 3. The van der Waals surface area contributed by atoms with Gasteiger partial charge in [-0.05, 0) is 216 Å². The summed E-state index contributed by atoms with van der Waals surface area (Å²) in [4.78, 5) is 13.1. The normalized spacial score (nSPS) is 26.8. The molecule has 0 aromatic heterocycles. The van der Waals surface area contributed by atoms with Crippen molar-refractivity contribution in [3.8, 4) is 0 Å². The zero-order valence-electron chi connectivity index (χ0n) is 45.0. The summed E-state index contributed by atoms with van der Waals surface area (Å²) in [6.45, 7) is 71.0. The van der Waals surface area contributed by atoms with Gasteiger partial charge in [-0.3, -0.25) is 24.5 Å². The minimum atomic E-state index is 0.336. The molecule has 4 saturated heterocycles. The van der Waals surface area contributed by atoms with Crippen molar-refractivity contribution >= 4 is 0 Å². The third-order valence-corrected chi connectivity index (χ3v) is 14.8. The Morgan fingerprint density at radius 1 is 0.276 bits per heavy atom. The molecular weight excluding hydrogens is 707 g/mol. The molecule has 4 heterocycles. The van der Waals surface area contributed by atoms with Crippen LogP contribution in [0.5, 0.6) is 0 Å². The number of hydrogen-bond acceptors (Lipinski definition) is 5. The van der Waals surface area contributed by atoms with Crippen molar-refractivity contribution in [1.29, 1.82) is 0 Å². The number of rotatable bonds is 0. The van der Waals surface area contributed by atoms with Crippen LogP contribution in [-0.4, -0.2) is 117 Å². The highest BCUT2D eigenvalue weighted by molar-refractivity contribution is 4.92. The summed E-state index contributed by atoms with van der Waals surface area (Å²) >= 11 is 0. The lowest BCUT2D eigenvalue weighted by Gasteiger charge is -2.48. The minimum absolute atomic E-state index is 0.336. The molecule has 0 spiro atoms. The van der Waals surface area contributed by atoms with Crippen molar-refractivity contribution < 1.29 is 0 Å². The van der Waals surface area contributed by atoms with E-state index in [0.29, 0.717) is 43.9 Å². The Bertz CT molecular complexity index is 997. The third kappa shape index (κ3) is 19.0. The fraction of sp³-hybridized carbons (Fsp3) is 1.00. The number of hydrogen-bond donors (Lipinski definition) is 0. The van der Waals surface area contributed by atoms with Gasteiger partial charge in [0.05, 0.1) is 0 Å². The van der Waals surface area contributed by atoms with Gasteiger partial charge in [-0.25, -0.2) is 0 Å². The van der Waals surface area contributed by atoms with Gasteiger partial charge in [0, 0.05) is 66.0 Å². The SMILES string of the molecule is CC(C)(C)C1CCN(C(C)(C)C)CC1.CC(C)(C)N1CCN(C(C)(C)C)CC1.CC1CC(C(C)(C)C)CCN1C(C)(C)C.CC1CC(C(C)(C)C)CCN1C(C)(C)C. The van der Waals surface area contributed by atoms with Crippen molar-refractivity contribution in [1.82, 2.24) is 24.5 Å². The predicted octanol–water partition coefficient (Wildman–Crippen LogP) is 13.6. The van der Waals surface area contributed by atoms with Crippen LogP contribution in [0.25, 0.3) is 0 Å². The molecule has 4 unspecified atom stereocenters. The second kappa shape index (κ2) is 21.0. The molecule has 348 valence electrons. The molecule has 0 aliphatic carbocycles. The van der Waals surface area contributed by atoms with Crippen molar-refractivity contribution in [2.45, 2.75) is 258 Å². The second-order valence-electron chi connectivity index (χ2n) is 27.7. The molecule has 4 rings (SSSR count). The first-order valence-corrected chi connectivity index (χ1v) is 24.5. The highest BCUT2D eigenvalue weighted by atomic mass is 15.3. The van der Waals surface area contributed by atoms with Crippen LogP contribution in [-0.2, 0) is 0 Å². The fourth-order valence-corrected chi connectivity index (χ4v) is 10.4. The van der Waals surface area contributed by atoms with Gasteiger partial charge in [-0.15, -0.1) is 0 Å². The van der Waals surface area contributed by atoms with Gasteiger partial charge in [-0.1, -0.05) is 62.3 Å². The Hall–Kier alpha value is -0.200. The van der Waals surface area contributed by atoms with Crippen LogP contribution in [0.15, 0.2) is 0 Å². The smallest absolute Gasteiger partial charge is 0.0127 e. The highest BCUT2D eigenvalue weighted by Crippen LogP contribution is 2.40. The number of piperazine rings is 1. The lowest BCUT2D eigenvalue weighted by Crippen LogP contribution is -2.57. The summed E-state index contributed by atoms with van der Waals surface area (Å²) < 4.78 is 0. The molecule has 0 bridgehead atoms. The van der Waals surface area contributed by atoms with Crippen molar-refractivity contribution in [3.63, 3.8) is 0 Å². The van der Waals surface area contributed by atoms with Gasteiger partial charge in [0.15, 0.2) is 0 Å². The van der Waals surface area contributed by atoms with E-state index < -0.39 is 0 Å². The molecule has 4 fully saturated rings. The maximum atomic E-state index is 2.66. The summed E-state index contributed by atoms with van der Waals surface area (Å²) in [6.07, 6.45) is 8.21. The number of piperidine rings is 3. The molecular formula is C53H111N5.